The van der Waals surface area contributed by atoms with Crippen molar-refractivity contribution in [3.63, 3.8) is 0 Å². The summed E-state index contributed by atoms with van der Waals surface area (Å²) in [4.78, 5) is 18.1. The van der Waals surface area contributed by atoms with Crippen LogP contribution in [0.2, 0.25) is 0 Å². The van der Waals surface area contributed by atoms with E-state index >= 15 is 0 Å². The zero-order valence-electron chi connectivity index (χ0n) is 13.2. The number of benzene rings is 1. The molecule has 1 amide bonds. The third-order valence-electron chi connectivity index (χ3n) is 5.18. The highest BCUT2D eigenvalue weighted by Crippen LogP contribution is 2.55. The number of carbonyl (C=O) groups is 1. The predicted molar refractivity (Wildman–Crippen MR) is 90.3 cm³/mol. The molecule has 5 heteroatoms. The van der Waals surface area contributed by atoms with Crippen molar-refractivity contribution in [1.29, 1.82) is 0 Å². The number of hydrogen-bond donors (Lipinski definition) is 0. The largest absolute Gasteiger partial charge is 0.381 e. The van der Waals surface area contributed by atoms with Crippen LogP contribution in [0.5, 0.6) is 0 Å². The van der Waals surface area contributed by atoms with Crippen LogP contribution >= 0.6 is 11.3 Å². The van der Waals surface area contributed by atoms with Crippen LogP contribution in [0.4, 0.5) is 0 Å². The average Bonchev–Trinajstić information content (AvgIpc) is 3.00. The number of carbonyl (C=O) groups excluding carboxylic acids is 1. The lowest BCUT2D eigenvalue weighted by molar-refractivity contribution is -0.156. The fourth-order valence-corrected chi connectivity index (χ4v) is 4.67. The molecule has 2 aliphatic heterocycles. The third kappa shape index (κ3) is 2.39. The van der Waals surface area contributed by atoms with Gasteiger partial charge in [0.05, 0.1) is 16.7 Å². The zero-order chi connectivity index (χ0) is 15.9. The molecule has 2 fully saturated rings. The van der Waals surface area contributed by atoms with E-state index in [1.54, 1.807) is 11.3 Å². The predicted octanol–water partition coefficient (Wildman–Crippen LogP) is 3.43. The molecule has 0 saturated carbocycles. The standard InChI is InChI=1S/C18H20N2O2S/c1-13-19-16(10-23-13)14-4-2-3-5-15(14)17-18(11-20(17)12-21)6-8-22-9-7-18/h2-5,10,12,17H,6-9,11H2,1H3. The normalized spacial score (nSPS) is 22.8. The van der Waals surface area contributed by atoms with Crippen molar-refractivity contribution in [2.75, 3.05) is 19.8 Å². The Bertz CT molecular complexity index is 721. The van der Waals surface area contributed by atoms with Crippen molar-refractivity contribution in [3.05, 3.63) is 40.2 Å². The van der Waals surface area contributed by atoms with Crippen LogP contribution in [0.1, 0.15) is 29.5 Å². The number of hydrogen-bond acceptors (Lipinski definition) is 4. The highest BCUT2D eigenvalue weighted by molar-refractivity contribution is 7.09. The number of ether oxygens (including phenoxy) is 1. The Morgan fingerprint density at radius 3 is 2.83 bits per heavy atom. The molecule has 2 aliphatic rings. The first-order chi connectivity index (χ1) is 11.2. The maximum atomic E-state index is 11.5. The minimum atomic E-state index is 0.141. The minimum absolute atomic E-state index is 0.141. The molecule has 0 bridgehead atoms. The number of likely N-dealkylation sites (tertiary alicyclic amines) is 1. The lowest BCUT2D eigenvalue weighted by atomic mass is 9.63. The zero-order valence-corrected chi connectivity index (χ0v) is 14.0. The van der Waals surface area contributed by atoms with E-state index in [2.05, 4.69) is 28.6 Å². The van der Waals surface area contributed by atoms with E-state index in [9.17, 15) is 4.79 Å². The summed E-state index contributed by atoms with van der Waals surface area (Å²) in [5, 5.41) is 3.17. The molecule has 2 saturated heterocycles. The van der Waals surface area contributed by atoms with E-state index in [0.717, 1.165) is 55.3 Å². The van der Waals surface area contributed by atoms with Gasteiger partial charge in [0.15, 0.2) is 0 Å². The molecule has 1 unspecified atom stereocenters. The van der Waals surface area contributed by atoms with Gasteiger partial charge in [-0.25, -0.2) is 4.98 Å². The Morgan fingerprint density at radius 2 is 2.13 bits per heavy atom. The van der Waals surface area contributed by atoms with E-state index in [-0.39, 0.29) is 11.5 Å². The minimum Gasteiger partial charge on any atom is -0.381 e. The molecule has 1 aromatic heterocycles. The van der Waals surface area contributed by atoms with Gasteiger partial charge in [0.1, 0.15) is 0 Å². The Balaban J connectivity index is 1.78. The molecule has 0 N–H and O–H groups in total. The van der Waals surface area contributed by atoms with Gasteiger partial charge in [-0.2, -0.15) is 0 Å². The average molecular weight is 328 g/mol. The molecule has 3 heterocycles. The first kappa shape index (κ1) is 14.8. The van der Waals surface area contributed by atoms with Gasteiger partial charge in [-0.3, -0.25) is 4.79 Å². The summed E-state index contributed by atoms with van der Waals surface area (Å²) < 4.78 is 5.55. The van der Waals surface area contributed by atoms with E-state index in [4.69, 9.17) is 4.74 Å². The number of nitrogens with zero attached hydrogens (tertiary/aromatic N) is 2. The monoisotopic (exact) mass is 328 g/mol. The highest BCUT2D eigenvalue weighted by atomic mass is 32.1. The second kappa shape index (κ2) is 5.73. The third-order valence-corrected chi connectivity index (χ3v) is 5.96. The number of thiazole rings is 1. The molecule has 4 nitrogen and oxygen atoms in total. The number of aromatic nitrogens is 1. The Kier molecular flexibility index (Phi) is 3.70. The van der Waals surface area contributed by atoms with Gasteiger partial charge in [-0.1, -0.05) is 24.3 Å². The van der Waals surface area contributed by atoms with Crippen LogP contribution in [0, 0.1) is 12.3 Å². The van der Waals surface area contributed by atoms with Crippen LogP contribution < -0.4 is 0 Å². The van der Waals surface area contributed by atoms with Gasteiger partial charge in [0.25, 0.3) is 0 Å². The summed E-state index contributed by atoms with van der Waals surface area (Å²) in [6, 6.07) is 8.53. The Hall–Kier alpha value is -1.72. The molecule has 23 heavy (non-hydrogen) atoms. The topological polar surface area (TPSA) is 42.4 Å². The molecule has 1 spiro atoms. The molecule has 2 aromatic rings. The lowest BCUT2D eigenvalue weighted by Crippen LogP contribution is -2.59. The van der Waals surface area contributed by atoms with Crippen LogP contribution in [0.3, 0.4) is 0 Å². The van der Waals surface area contributed by atoms with Gasteiger partial charge < -0.3 is 9.64 Å². The summed E-state index contributed by atoms with van der Waals surface area (Å²) in [6.07, 6.45) is 3.04. The lowest BCUT2D eigenvalue weighted by Gasteiger charge is -2.58. The molecule has 0 aliphatic carbocycles. The Labute approximate surface area is 140 Å². The van der Waals surface area contributed by atoms with E-state index in [1.807, 2.05) is 17.9 Å². The second-order valence-corrected chi connectivity index (χ2v) is 7.56. The van der Waals surface area contributed by atoms with E-state index in [1.165, 1.54) is 5.56 Å². The van der Waals surface area contributed by atoms with E-state index < -0.39 is 0 Å². The van der Waals surface area contributed by atoms with Crippen molar-refractivity contribution in [3.8, 4) is 11.3 Å². The first-order valence-electron chi connectivity index (χ1n) is 8.04. The van der Waals surface area contributed by atoms with Crippen molar-refractivity contribution >= 4 is 17.7 Å². The first-order valence-corrected chi connectivity index (χ1v) is 8.92. The van der Waals surface area contributed by atoms with E-state index in [0.29, 0.717) is 0 Å². The summed E-state index contributed by atoms with van der Waals surface area (Å²) in [5.74, 6) is 0. The summed E-state index contributed by atoms with van der Waals surface area (Å²) in [5.41, 5.74) is 3.56. The fraction of sp³-hybridized carbons (Fsp3) is 0.444. The van der Waals surface area contributed by atoms with Gasteiger partial charge in [-0.05, 0) is 25.3 Å². The van der Waals surface area contributed by atoms with Gasteiger partial charge in [0.2, 0.25) is 6.41 Å². The molecule has 1 aromatic carbocycles. The van der Waals surface area contributed by atoms with Gasteiger partial charge in [-0.15, -0.1) is 11.3 Å². The van der Waals surface area contributed by atoms with Crippen LogP contribution in [-0.4, -0.2) is 36.1 Å². The summed E-state index contributed by atoms with van der Waals surface area (Å²) >= 11 is 1.66. The molecule has 1 atom stereocenters. The van der Waals surface area contributed by atoms with Crippen molar-refractivity contribution in [1.82, 2.24) is 9.88 Å². The smallest absolute Gasteiger partial charge is 0.210 e. The fourth-order valence-electron chi connectivity index (χ4n) is 4.05. The van der Waals surface area contributed by atoms with Crippen LogP contribution in [0.15, 0.2) is 29.6 Å². The molecule has 0 radical (unpaired) electrons. The molecular weight excluding hydrogens is 308 g/mol. The van der Waals surface area contributed by atoms with Crippen LogP contribution in [-0.2, 0) is 9.53 Å². The highest BCUT2D eigenvalue weighted by Gasteiger charge is 2.53. The number of aryl methyl sites for hydroxylation is 1. The summed E-state index contributed by atoms with van der Waals surface area (Å²) in [7, 11) is 0. The molecule has 120 valence electrons. The Morgan fingerprint density at radius 1 is 1.35 bits per heavy atom. The number of rotatable bonds is 3. The van der Waals surface area contributed by atoms with Crippen LogP contribution in [0.25, 0.3) is 11.3 Å². The number of amides is 1. The van der Waals surface area contributed by atoms with Gasteiger partial charge in [0, 0.05) is 36.1 Å². The molecule has 4 rings (SSSR count). The van der Waals surface area contributed by atoms with Crippen molar-refractivity contribution in [2.24, 2.45) is 5.41 Å². The maximum Gasteiger partial charge on any atom is 0.210 e. The SMILES string of the molecule is Cc1nc(-c2ccccc2C2N(C=O)CC23CCOCC3)cs1. The maximum absolute atomic E-state index is 11.5. The van der Waals surface area contributed by atoms with Gasteiger partial charge >= 0.3 is 0 Å². The second-order valence-electron chi connectivity index (χ2n) is 6.49. The summed E-state index contributed by atoms with van der Waals surface area (Å²) in [6.45, 7) is 4.45. The quantitative estimate of drug-likeness (QED) is 0.811. The van der Waals surface area contributed by atoms with Crippen molar-refractivity contribution in [2.45, 2.75) is 25.8 Å². The van der Waals surface area contributed by atoms with Crippen molar-refractivity contribution < 1.29 is 9.53 Å². The molecular formula is C18H20N2O2S.